The Balaban J connectivity index is 1.75. The first-order valence-corrected chi connectivity index (χ1v) is 8.66. The van der Waals surface area contributed by atoms with Gasteiger partial charge in [-0.25, -0.2) is 4.98 Å². The Morgan fingerprint density at radius 3 is 2.54 bits per heavy atom. The van der Waals surface area contributed by atoms with Crippen molar-refractivity contribution in [1.82, 2.24) is 14.8 Å². The van der Waals surface area contributed by atoms with E-state index >= 15 is 0 Å². The third kappa shape index (κ3) is 3.63. The van der Waals surface area contributed by atoms with E-state index in [1.807, 2.05) is 35.7 Å². The largest absolute Gasteiger partial charge is 0.389 e. The molecular formula is C17H19N3O3S. The number of aromatic nitrogens is 1. The number of carbonyl (C=O) groups is 2. The highest BCUT2D eigenvalue weighted by molar-refractivity contribution is 7.12. The summed E-state index contributed by atoms with van der Waals surface area (Å²) in [6.07, 6.45) is -0.742. The van der Waals surface area contributed by atoms with Crippen LogP contribution in [0.5, 0.6) is 0 Å². The lowest BCUT2D eigenvalue weighted by Gasteiger charge is -2.20. The maximum atomic E-state index is 12.7. The van der Waals surface area contributed by atoms with Crippen molar-refractivity contribution in [2.24, 2.45) is 0 Å². The van der Waals surface area contributed by atoms with E-state index in [1.165, 1.54) is 18.3 Å². The number of amides is 2. The first-order chi connectivity index (χ1) is 11.5. The fourth-order valence-electron chi connectivity index (χ4n) is 2.71. The third-order valence-electron chi connectivity index (χ3n) is 3.99. The van der Waals surface area contributed by atoms with E-state index in [4.69, 9.17) is 0 Å². The summed E-state index contributed by atoms with van der Waals surface area (Å²) < 4.78 is 0. The molecule has 1 fully saturated rings. The lowest BCUT2D eigenvalue weighted by Crippen LogP contribution is -2.37. The number of benzene rings is 1. The van der Waals surface area contributed by atoms with Gasteiger partial charge in [-0.2, -0.15) is 0 Å². The molecule has 1 atom stereocenters. The molecule has 1 aliphatic heterocycles. The molecule has 0 unspecified atom stereocenters. The molecule has 1 aromatic carbocycles. The molecule has 7 heteroatoms. The van der Waals surface area contributed by atoms with Crippen LogP contribution in [0.2, 0.25) is 0 Å². The second kappa shape index (κ2) is 7.11. The monoisotopic (exact) mass is 345 g/mol. The zero-order valence-corrected chi connectivity index (χ0v) is 14.2. The van der Waals surface area contributed by atoms with E-state index in [2.05, 4.69) is 4.98 Å². The van der Waals surface area contributed by atoms with E-state index in [9.17, 15) is 14.7 Å². The summed E-state index contributed by atoms with van der Waals surface area (Å²) in [6.45, 7) is 2.76. The van der Waals surface area contributed by atoms with Crippen LogP contribution in [-0.2, 0) is 4.79 Å². The first kappa shape index (κ1) is 16.6. The minimum atomic E-state index is -0.742. The van der Waals surface area contributed by atoms with Gasteiger partial charge >= 0.3 is 0 Å². The van der Waals surface area contributed by atoms with Crippen LogP contribution in [0.25, 0.3) is 11.3 Å². The molecule has 126 valence electrons. The van der Waals surface area contributed by atoms with Crippen LogP contribution >= 0.6 is 11.3 Å². The number of aliphatic hydroxyl groups is 1. The molecular weight excluding hydrogens is 326 g/mol. The van der Waals surface area contributed by atoms with Gasteiger partial charge in [-0.15, -0.1) is 11.3 Å². The Morgan fingerprint density at radius 2 is 1.83 bits per heavy atom. The Bertz CT molecular complexity index is 732. The summed E-state index contributed by atoms with van der Waals surface area (Å²) in [4.78, 5) is 31.7. The number of aliphatic hydroxyl groups excluding tert-OH is 1. The lowest BCUT2D eigenvalue weighted by molar-refractivity contribution is -0.129. The van der Waals surface area contributed by atoms with E-state index in [0.717, 1.165) is 11.3 Å². The summed E-state index contributed by atoms with van der Waals surface area (Å²) in [6, 6.07) is 9.68. The molecule has 1 aliphatic rings. The highest BCUT2D eigenvalue weighted by Gasteiger charge is 2.27. The van der Waals surface area contributed by atoms with Crippen LogP contribution in [-0.4, -0.2) is 64.0 Å². The molecule has 3 rings (SSSR count). The number of carbonyl (C=O) groups excluding carboxylic acids is 2. The molecule has 24 heavy (non-hydrogen) atoms. The molecule has 1 saturated heterocycles. The predicted octanol–water partition coefficient (Wildman–Crippen LogP) is 1.48. The van der Waals surface area contributed by atoms with Gasteiger partial charge in [0.2, 0.25) is 5.91 Å². The topological polar surface area (TPSA) is 73.7 Å². The van der Waals surface area contributed by atoms with Gasteiger partial charge in [0.1, 0.15) is 0 Å². The Morgan fingerprint density at radius 1 is 1.17 bits per heavy atom. The van der Waals surface area contributed by atoms with Gasteiger partial charge in [0.15, 0.2) is 5.01 Å². The number of hydrogen-bond donors (Lipinski definition) is 1. The second-order valence-electron chi connectivity index (χ2n) is 5.77. The number of β-amino-alcohol motifs (C(OH)–C–C–N with tert-alkyl or cyclic N) is 1. The summed E-state index contributed by atoms with van der Waals surface area (Å²) in [5, 5.41) is 12.3. The van der Waals surface area contributed by atoms with Gasteiger partial charge in [-0.05, 0) is 0 Å². The van der Waals surface area contributed by atoms with E-state index < -0.39 is 6.10 Å². The van der Waals surface area contributed by atoms with Crippen LogP contribution < -0.4 is 0 Å². The van der Waals surface area contributed by atoms with Crippen LogP contribution in [0.1, 0.15) is 16.7 Å². The summed E-state index contributed by atoms with van der Waals surface area (Å²) in [5.41, 5.74) is 1.73. The number of rotatable bonds is 2. The van der Waals surface area contributed by atoms with Crippen LogP contribution in [0, 0.1) is 0 Å². The minimum absolute atomic E-state index is 0.0936. The molecule has 1 aromatic heterocycles. The molecule has 0 aliphatic carbocycles. The molecule has 2 heterocycles. The maximum absolute atomic E-state index is 12.7. The lowest BCUT2D eigenvalue weighted by atomic mass is 10.2. The van der Waals surface area contributed by atoms with Crippen molar-refractivity contribution < 1.29 is 14.7 Å². The molecule has 2 amide bonds. The molecule has 0 saturated carbocycles. The number of nitrogens with zero attached hydrogens (tertiary/aromatic N) is 3. The zero-order chi connectivity index (χ0) is 17.1. The second-order valence-corrected chi connectivity index (χ2v) is 6.63. The van der Waals surface area contributed by atoms with E-state index in [0.29, 0.717) is 18.1 Å². The van der Waals surface area contributed by atoms with Gasteiger partial charge in [0.25, 0.3) is 5.91 Å². The van der Waals surface area contributed by atoms with Crippen LogP contribution in [0.3, 0.4) is 0 Å². The fourth-order valence-corrected chi connectivity index (χ4v) is 3.50. The summed E-state index contributed by atoms with van der Waals surface area (Å²) >= 11 is 1.30. The number of thiazole rings is 1. The average Bonchev–Trinajstić information content (AvgIpc) is 2.98. The van der Waals surface area contributed by atoms with Gasteiger partial charge in [-0.1, -0.05) is 30.3 Å². The maximum Gasteiger partial charge on any atom is 0.283 e. The highest BCUT2D eigenvalue weighted by Crippen LogP contribution is 2.22. The molecule has 0 spiro atoms. The van der Waals surface area contributed by atoms with Crippen molar-refractivity contribution in [2.75, 3.05) is 26.2 Å². The van der Waals surface area contributed by atoms with Crippen LogP contribution in [0.15, 0.2) is 35.7 Å². The predicted molar refractivity (Wildman–Crippen MR) is 91.7 cm³/mol. The third-order valence-corrected chi connectivity index (χ3v) is 4.82. The standard InChI is InChI=1S/C17H19N3O3S/c1-12(21)19-7-8-20(10-14(22)9-19)17(23)16-18-15(11-24-16)13-5-3-2-4-6-13/h2-6,11,14,22H,7-10H2,1H3/t14-/m0/s1. The Hall–Kier alpha value is -2.25. The van der Waals surface area contributed by atoms with Crippen molar-refractivity contribution >= 4 is 23.2 Å². The number of hydrogen-bond acceptors (Lipinski definition) is 5. The first-order valence-electron chi connectivity index (χ1n) is 7.78. The van der Waals surface area contributed by atoms with Gasteiger partial charge < -0.3 is 14.9 Å². The highest BCUT2D eigenvalue weighted by atomic mass is 32.1. The smallest absolute Gasteiger partial charge is 0.283 e. The quantitative estimate of drug-likeness (QED) is 0.895. The molecule has 0 radical (unpaired) electrons. The Kier molecular flexibility index (Phi) is 4.92. The molecule has 6 nitrogen and oxygen atoms in total. The summed E-state index contributed by atoms with van der Waals surface area (Å²) in [5.74, 6) is -0.296. The SMILES string of the molecule is CC(=O)N1CCN(C(=O)c2nc(-c3ccccc3)cs2)C[C@@H](O)C1. The average molecular weight is 345 g/mol. The van der Waals surface area contributed by atoms with Gasteiger partial charge in [-0.3, -0.25) is 9.59 Å². The minimum Gasteiger partial charge on any atom is -0.389 e. The summed E-state index contributed by atoms with van der Waals surface area (Å²) in [7, 11) is 0. The van der Waals surface area contributed by atoms with Crippen molar-refractivity contribution in [1.29, 1.82) is 0 Å². The Labute approximate surface area is 144 Å². The van der Waals surface area contributed by atoms with Crippen molar-refractivity contribution in [2.45, 2.75) is 13.0 Å². The molecule has 2 aromatic rings. The van der Waals surface area contributed by atoms with Crippen molar-refractivity contribution in [3.63, 3.8) is 0 Å². The van der Waals surface area contributed by atoms with Gasteiger partial charge in [0, 0.05) is 44.0 Å². The van der Waals surface area contributed by atoms with Crippen molar-refractivity contribution in [3.05, 3.63) is 40.7 Å². The van der Waals surface area contributed by atoms with Crippen molar-refractivity contribution in [3.8, 4) is 11.3 Å². The fraction of sp³-hybridized carbons (Fsp3) is 0.353. The molecule has 1 N–H and O–H groups in total. The van der Waals surface area contributed by atoms with E-state index in [1.54, 1.807) is 9.80 Å². The van der Waals surface area contributed by atoms with Gasteiger partial charge in [0.05, 0.1) is 11.8 Å². The molecule has 0 bridgehead atoms. The zero-order valence-electron chi connectivity index (χ0n) is 13.4. The normalized spacial score (nSPS) is 18.3. The van der Waals surface area contributed by atoms with E-state index in [-0.39, 0.29) is 24.9 Å². The van der Waals surface area contributed by atoms with Crippen LogP contribution in [0.4, 0.5) is 0 Å².